The smallest absolute Gasteiger partial charge is 0.209 e. The summed E-state index contributed by atoms with van der Waals surface area (Å²) in [4.78, 5) is 9.58. The molecule has 9 heteroatoms. The molecule has 0 saturated carbocycles. The van der Waals surface area contributed by atoms with Gasteiger partial charge < -0.3 is 21.7 Å². The van der Waals surface area contributed by atoms with Crippen LogP contribution in [0.3, 0.4) is 0 Å². The lowest BCUT2D eigenvalue weighted by molar-refractivity contribution is 0.467. The van der Waals surface area contributed by atoms with E-state index in [9.17, 15) is 0 Å². The third-order valence-corrected chi connectivity index (χ3v) is 3.58. The van der Waals surface area contributed by atoms with Crippen molar-refractivity contribution in [3.8, 4) is 6.19 Å². The second-order valence-corrected chi connectivity index (χ2v) is 5.34. The van der Waals surface area contributed by atoms with Crippen LogP contribution in [0.4, 0.5) is 5.13 Å². The van der Waals surface area contributed by atoms with Gasteiger partial charge in [-0.2, -0.15) is 5.26 Å². The molecule has 0 spiro atoms. The standard InChI is InChI=1S/C12H20N8S/c1-20(11(16)17-8-13)6-4-2-3-5-9-7-21-12(18-9)19-10(14)15/h7H,2-6H2,1H3,(H2,16,17)(H4,14,15,18,19). The molecule has 21 heavy (non-hydrogen) atoms. The number of nitrogens with two attached hydrogens (primary N) is 2. The molecule has 0 unspecified atom stereocenters. The maximum atomic E-state index is 8.40. The maximum absolute atomic E-state index is 8.40. The molecule has 0 aromatic carbocycles. The largest absolute Gasteiger partial charge is 0.370 e. The van der Waals surface area contributed by atoms with E-state index in [4.69, 9.17) is 22.1 Å². The summed E-state index contributed by atoms with van der Waals surface area (Å²) in [5, 5.41) is 20.8. The predicted molar refractivity (Wildman–Crippen MR) is 85.1 cm³/mol. The van der Waals surface area contributed by atoms with E-state index in [2.05, 4.69) is 15.3 Å². The van der Waals surface area contributed by atoms with Crippen LogP contribution in [0.25, 0.3) is 0 Å². The summed E-state index contributed by atoms with van der Waals surface area (Å²) >= 11 is 1.44. The van der Waals surface area contributed by atoms with Gasteiger partial charge in [-0.3, -0.25) is 5.41 Å². The van der Waals surface area contributed by atoms with Crippen molar-refractivity contribution in [3.05, 3.63) is 11.1 Å². The SMILES string of the molecule is CN(CCCCCc1csc(NC(=N)N)n1)C(N)=NC#N. The van der Waals surface area contributed by atoms with Gasteiger partial charge in [0.2, 0.25) is 12.2 Å². The van der Waals surface area contributed by atoms with E-state index >= 15 is 0 Å². The quantitative estimate of drug-likeness (QED) is 0.255. The van der Waals surface area contributed by atoms with Crippen LogP contribution in [0, 0.1) is 16.9 Å². The highest BCUT2D eigenvalue weighted by atomic mass is 32.1. The van der Waals surface area contributed by atoms with Crippen LogP contribution < -0.4 is 16.8 Å². The molecule has 0 aliphatic heterocycles. The van der Waals surface area contributed by atoms with Crippen LogP contribution in [0.1, 0.15) is 25.0 Å². The summed E-state index contributed by atoms with van der Waals surface area (Å²) in [6.07, 6.45) is 5.59. The maximum Gasteiger partial charge on any atom is 0.209 e. The lowest BCUT2D eigenvalue weighted by atomic mass is 10.1. The number of nitrogens with zero attached hydrogens (tertiary/aromatic N) is 4. The molecule has 0 saturated heterocycles. The highest BCUT2D eigenvalue weighted by Crippen LogP contribution is 2.16. The fraction of sp³-hybridized carbons (Fsp3) is 0.500. The van der Waals surface area contributed by atoms with Crippen molar-refractivity contribution in [1.82, 2.24) is 9.88 Å². The molecule has 0 aliphatic rings. The highest BCUT2D eigenvalue weighted by Gasteiger charge is 2.04. The number of aliphatic imine (C=N–C) groups is 1. The third-order valence-electron chi connectivity index (χ3n) is 2.78. The number of nitrogens with one attached hydrogen (secondary N) is 2. The summed E-state index contributed by atoms with van der Waals surface area (Å²) in [6, 6.07) is 0. The van der Waals surface area contributed by atoms with Crippen LogP contribution in [-0.2, 0) is 6.42 Å². The van der Waals surface area contributed by atoms with Crippen molar-refractivity contribution in [2.45, 2.75) is 25.7 Å². The van der Waals surface area contributed by atoms with E-state index in [1.165, 1.54) is 11.3 Å². The van der Waals surface area contributed by atoms with Gasteiger partial charge in [0.05, 0.1) is 5.69 Å². The zero-order chi connectivity index (χ0) is 15.7. The van der Waals surface area contributed by atoms with Gasteiger partial charge in [-0.05, 0) is 19.3 Å². The highest BCUT2D eigenvalue weighted by molar-refractivity contribution is 7.13. The normalized spacial score (nSPS) is 11.0. The first-order chi connectivity index (χ1) is 10.0. The van der Waals surface area contributed by atoms with E-state index in [0.29, 0.717) is 5.13 Å². The summed E-state index contributed by atoms with van der Waals surface area (Å²) in [7, 11) is 1.82. The second-order valence-electron chi connectivity index (χ2n) is 4.48. The van der Waals surface area contributed by atoms with Gasteiger partial charge in [-0.15, -0.1) is 16.3 Å². The number of unbranched alkanes of at least 4 members (excludes halogenated alkanes) is 2. The Labute approximate surface area is 128 Å². The van der Waals surface area contributed by atoms with Crippen molar-refractivity contribution >= 4 is 28.4 Å². The summed E-state index contributed by atoms with van der Waals surface area (Å²) in [5.74, 6) is 0.146. The first-order valence-corrected chi connectivity index (χ1v) is 7.39. The number of anilines is 1. The molecule has 0 radical (unpaired) electrons. The van der Waals surface area contributed by atoms with Crippen molar-refractivity contribution in [1.29, 1.82) is 10.7 Å². The van der Waals surface area contributed by atoms with E-state index in [-0.39, 0.29) is 11.9 Å². The Balaban J connectivity index is 2.20. The Morgan fingerprint density at radius 2 is 2.29 bits per heavy atom. The summed E-state index contributed by atoms with van der Waals surface area (Å²) in [5.41, 5.74) is 11.8. The second kappa shape index (κ2) is 8.76. The number of hydrogen-bond donors (Lipinski definition) is 4. The number of hydrogen-bond acceptors (Lipinski definition) is 5. The molecule has 1 aromatic rings. The Kier molecular flexibility index (Phi) is 6.97. The van der Waals surface area contributed by atoms with Gasteiger partial charge in [-0.1, -0.05) is 6.42 Å². The zero-order valence-electron chi connectivity index (χ0n) is 12.0. The monoisotopic (exact) mass is 308 g/mol. The predicted octanol–water partition coefficient (Wildman–Crippen LogP) is 0.889. The molecule has 0 amide bonds. The Morgan fingerprint density at radius 1 is 1.52 bits per heavy atom. The molecule has 114 valence electrons. The van der Waals surface area contributed by atoms with Crippen molar-refractivity contribution in [2.24, 2.45) is 16.5 Å². The molecule has 6 N–H and O–H groups in total. The minimum Gasteiger partial charge on any atom is -0.370 e. The van der Waals surface area contributed by atoms with E-state index in [1.807, 2.05) is 12.4 Å². The number of aryl methyl sites for hydroxylation is 1. The molecule has 0 fully saturated rings. The molecule has 1 rings (SSSR count). The molecule has 0 bridgehead atoms. The van der Waals surface area contributed by atoms with Crippen LogP contribution in [0.2, 0.25) is 0 Å². The average Bonchev–Trinajstić information content (AvgIpc) is 2.85. The molecule has 1 heterocycles. The number of aromatic nitrogens is 1. The number of thiazole rings is 1. The van der Waals surface area contributed by atoms with Gasteiger partial charge in [0.15, 0.2) is 11.1 Å². The van der Waals surface area contributed by atoms with Gasteiger partial charge >= 0.3 is 0 Å². The van der Waals surface area contributed by atoms with Gasteiger partial charge in [0.1, 0.15) is 0 Å². The molecule has 8 nitrogen and oxygen atoms in total. The van der Waals surface area contributed by atoms with E-state index in [1.54, 1.807) is 11.1 Å². The molecule has 0 atom stereocenters. The average molecular weight is 308 g/mol. The van der Waals surface area contributed by atoms with Crippen molar-refractivity contribution in [2.75, 3.05) is 18.9 Å². The summed E-state index contributed by atoms with van der Waals surface area (Å²) in [6.45, 7) is 0.769. The van der Waals surface area contributed by atoms with Gasteiger partial charge in [0.25, 0.3) is 0 Å². The van der Waals surface area contributed by atoms with Crippen LogP contribution in [0.15, 0.2) is 10.4 Å². The lowest BCUT2D eigenvalue weighted by Gasteiger charge is -2.16. The molecular formula is C12H20N8S. The molecule has 0 aliphatic carbocycles. The number of nitriles is 1. The minimum atomic E-state index is -0.101. The van der Waals surface area contributed by atoms with E-state index < -0.39 is 0 Å². The first-order valence-electron chi connectivity index (χ1n) is 6.51. The third kappa shape index (κ3) is 6.58. The van der Waals surface area contributed by atoms with Gasteiger partial charge in [0, 0.05) is 19.0 Å². The van der Waals surface area contributed by atoms with Crippen LogP contribution >= 0.6 is 11.3 Å². The fourth-order valence-electron chi connectivity index (χ4n) is 1.68. The Morgan fingerprint density at radius 3 is 2.95 bits per heavy atom. The van der Waals surface area contributed by atoms with Crippen molar-refractivity contribution in [3.63, 3.8) is 0 Å². The Bertz CT molecular complexity index is 530. The van der Waals surface area contributed by atoms with E-state index in [0.717, 1.165) is 37.9 Å². The fourth-order valence-corrected chi connectivity index (χ4v) is 2.43. The topological polar surface area (TPSA) is 140 Å². The van der Waals surface area contributed by atoms with Crippen LogP contribution in [-0.4, -0.2) is 35.4 Å². The number of rotatable bonds is 7. The number of guanidine groups is 2. The van der Waals surface area contributed by atoms with Crippen LogP contribution in [0.5, 0.6) is 0 Å². The minimum absolute atomic E-state index is 0.101. The van der Waals surface area contributed by atoms with Gasteiger partial charge in [-0.25, -0.2) is 4.98 Å². The first kappa shape index (κ1) is 16.7. The Hall–Kier alpha value is -2.34. The molecule has 1 aromatic heterocycles. The zero-order valence-corrected chi connectivity index (χ0v) is 12.8. The lowest BCUT2D eigenvalue weighted by Crippen LogP contribution is -2.34. The summed E-state index contributed by atoms with van der Waals surface area (Å²) < 4.78 is 0. The molecular weight excluding hydrogens is 288 g/mol. The van der Waals surface area contributed by atoms with Crippen molar-refractivity contribution < 1.29 is 0 Å².